The number of rotatable bonds is 5. The number of aryl methyl sites for hydroxylation is 1. The number of hydrogen-bond donors (Lipinski definition) is 2. The summed E-state index contributed by atoms with van der Waals surface area (Å²) in [5, 5.41) is 3.24. The molecule has 0 spiro atoms. The number of thiazole rings is 1. The van der Waals surface area contributed by atoms with E-state index in [9.17, 15) is 8.42 Å². The summed E-state index contributed by atoms with van der Waals surface area (Å²) in [6.07, 6.45) is 1.89. The molecule has 1 aliphatic rings. The van der Waals surface area contributed by atoms with Gasteiger partial charge in [-0.05, 0) is 38.8 Å². The van der Waals surface area contributed by atoms with Crippen LogP contribution in [0.4, 0.5) is 0 Å². The molecule has 18 heavy (non-hydrogen) atoms. The maximum Gasteiger partial charge on any atom is 0.212 e. The van der Waals surface area contributed by atoms with Crippen LogP contribution in [0.3, 0.4) is 0 Å². The lowest BCUT2D eigenvalue weighted by atomic mass is 10.0. The molecule has 0 radical (unpaired) electrons. The summed E-state index contributed by atoms with van der Waals surface area (Å²) in [6, 6.07) is 0. The molecule has 1 aromatic rings. The molecule has 1 saturated heterocycles. The van der Waals surface area contributed by atoms with Crippen LogP contribution >= 0.6 is 11.3 Å². The first kappa shape index (κ1) is 13.9. The summed E-state index contributed by atoms with van der Waals surface area (Å²) in [7, 11) is -3.17. The minimum absolute atomic E-state index is 0.243. The molecule has 0 aromatic carbocycles. The summed E-state index contributed by atoms with van der Waals surface area (Å²) in [6.45, 7) is 4.11. The molecule has 0 saturated carbocycles. The smallest absolute Gasteiger partial charge is 0.212 e. The van der Waals surface area contributed by atoms with Gasteiger partial charge in [0.2, 0.25) is 10.0 Å². The second-order valence-corrected chi connectivity index (χ2v) is 7.45. The Kier molecular flexibility index (Phi) is 4.71. The van der Waals surface area contributed by atoms with Crippen LogP contribution in [0.5, 0.6) is 0 Å². The van der Waals surface area contributed by atoms with Crippen LogP contribution in [0.1, 0.15) is 23.4 Å². The molecule has 5 nitrogen and oxygen atoms in total. The molecule has 102 valence electrons. The van der Waals surface area contributed by atoms with E-state index in [2.05, 4.69) is 15.0 Å². The average molecular weight is 289 g/mol. The minimum Gasteiger partial charge on any atom is -0.317 e. The molecule has 7 heteroatoms. The third-order valence-electron chi connectivity index (χ3n) is 3.21. The number of nitrogens with one attached hydrogen (secondary N) is 2. The van der Waals surface area contributed by atoms with Crippen molar-refractivity contribution in [3.8, 4) is 0 Å². The minimum atomic E-state index is -3.17. The van der Waals surface area contributed by atoms with Gasteiger partial charge >= 0.3 is 0 Å². The highest BCUT2D eigenvalue weighted by atomic mass is 32.2. The van der Waals surface area contributed by atoms with Crippen LogP contribution < -0.4 is 10.0 Å². The van der Waals surface area contributed by atoms with E-state index in [4.69, 9.17) is 0 Å². The van der Waals surface area contributed by atoms with Crippen molar-refractivity contribution >= 4 is 21.4 Å². The molecule has 2 heterocycles. The highest BCUT2D eigenvalue weighted by Crippen LogP contribution is 2.15. The standard InChI is InChI=1S/C11H19N3O2S2/c1-9-11(17-8-13-9)6-14-18(15,16)7-10-2-4-12-5-3-10/h8,10,12,14H,2-7H2,1H3. The Labute approximate surface area is 112 Å². The summed E-state index contributed by atoms with van der Waals surface area (Å²) < 4.78 is 26.6. The van der Waals surface area contributed by atoms with E-state index in [1.165, 1.54) is 11.3 Å². The zero-order chi connectivity index (χ0) is 13.0. The predicted octanol–water partition coefficient (Wildman–Crippen LogP) is 0.871. The van der Waals surface area contributed by atoms with Crippen molar-refractivity contribution in [2.45, 2.75) is 26.3 Å². The van der Waals surface area contributed by atoms with E-state index in [0.29, 0.717) is 6.54 Å². The molecule has 0 unspecified atom stereocenters. The van der Waals surface area contributed by atoms with Crippen molar-refractivity contribution in [2.24, 2.45) is 5.92 Å². The Hall–Kier alpha value is -0.500. The van der Waals surface area contributed by atoms with Gasteiger partial charge in [0.15, 0.2) is 0 Å². The first-order valence-electron chi connectivity index (χ1n) is 6.14. The molecule has 2 N–H and O–H groups in total. The first-order valence-corrected chi connectivity index (χ1v) is 8.67. The van der Waals surface area contributed by atoms with Gasteiger partial charge in [-0.2, -0.15) is 0 Å². The van der Waals surface area contributed by atoms with Crippen molar-refractivity contribution in [2.75, 3.05) is 18.8 Å². The number of hydrogen-bond acceptors (Lipinski definition) is 5. The molecule has 2 rings (SSSR count). The van der Waals surface area contributed by atoms with Gasteiger partial charge in [-0.3, -0.25) is 0 Å². The van der Waals surface area contributed by atoms with E-state index < -0.39 is 10.0 Å². The summed E-state index contributed by atoms with van der Waals surface area (Å²) in [5.41, 5.74) is 2.65. The Morgan fingerprint density at radius 3 is 2.83 bits per heavy atom. The number of aromatic nitrogens is 1. The topological polar surface area (TPSA) is 71.1 Å². The van der Waals surface area contributed by atoms with Gasteiger partial charge in [-0.15, -0.1) is 11.3 Å². The molecule has 1 fully saturated rings. The second-order valence-electron chi connectivity index (χ2n) is 4.66. The van der Waals surface area contributed by atoms with Gasteiger partial charge in [-0.1, -0.05) is 0 Å². The first-order chi connectivity index (χ1) is 8.57. The molecule has 0 atom stereocenters. The largest absolute Gasteiger partial charge is 0.317 e. The van der Waals surface area contributed by atoms with Gasteiger partial charge in [-0.25, -0.2) is 18.1 Å². The fourth-order valence-corrected chi connectivity index (χ4v) is 4.33. The van der Waals surface area contributed by atoms with Gasteiger partial charge in [0, 0.05) is 11.4 Å². The van der Waals surface area contributed by atoms with Crippen molar-refractivity contribution in [1.82, 2.24) is 15.0 Å². The Morgan fingerprint density at radius 1 is 1.50 bits per heavy atom. The highest BCUT2D eigenvalue weighted by Gasteiger charge is 2.21. The molecule has 0 amide bonds. The normalized spacial score (nSPS) is 18.1. The Bertz CT molecular complexity index is 478. The molecular formula is C11H19N3O2S2. The van der Waals surface area contributed by atoms with Crippen LogP contribution in [0.2, 0.25) is 0 Å². The summed E-state index contributed by atoms with van der Waals surface area (Å²) >= 11 is 1.49. The number of nitrogens with zero attached hydrogens (tertiary/aromatic N) is 1. The fourth-order valence-electron chi connectivity index (χ4n) is 2.09. The van der Waals surface area contributed by atoms with Crippen LogP contribution in [0.25, 0.3) is 0 Å². The van der Waals surface area contributed by atoms with E-state index in [-0.39, 0.29) is 11.7 Å². The lowest BCUT2D eigenvalue weighted by Gasteiger charge is -2.22. The lowest BCUT2D eigenvalue weighted by molar-refractivity contribution is 0.400. The van der Waals surface area contributed by atoms with Gasteiger partial charge in [0.05, 0.1) is 17.0 Å². The third-order valence-corrected chi connectivity index (χ3v) is 5.64. The second kappa shape index (κ2) is 6.10. The van der Waals surface area contributed by atoms with Gasteiger partial charge < -0.3 is 5.32 Å². The zero-order valence-corrected chi connectivity index (χ0v) is 12.1. The van der Waals surface area contributed by atoms with E-state index in [0.717, 1.165) is 36.5 Å². The SMILES string of the molecule is Cc1ncsc1CNS(=O)(=O)CC1CCNCC1. The Morgan fingerprint density at radius 2 is 2.22 bits per heavy atom. The summed E-state index contributed by atoms with van der Waals surface area (Å²) in [4.78, 5) is 5.10. The van der Waals surface area contributed by atoms with Crippen molar-refractivity contribution in [3.05, 3.63) is 16.1 Å². The van der Waals surface area contributed by atoms with Crippen molar-refractivity contribution in [3.63, 3.8) is 0 Å². The average Bonchev–Trinajstić information content (AvgIpc) is 2.73. The van der Waals surface area contributed by atoms with Crippen LogP contribution in [-0.2, 0) is 16.6 Å². The van der Waals surface area contributed by atoms with Crippen molar-refractivity contribution < 1.29 is 8.42 Å². The zero-order valence-electron chi connectivity index (χ0n) is 10.5. The predicted molar refractivity (Wildman–Crippen MR) is 73.1 cm³/mol. The van der Waals surface area contributed by atoms with Gasteiger partial charge in [0.1, 0.15) is 0 Å². The molecular weight excluding hydrogens is 270 g/mol. The molecule has 0 bridgehead atoms. The van der Waals surface area contributed by atoms with E-state index in [1.54, 1.807) is 5.51 Å². The van der Waals surface area contributed by atoms with Crippen LogP contribution in [-0.4, -0.2) is 32.2 Å². The quantitative estimate of drug-likeness (QED) is 0.844. The maximum atomic E-state index is 12.0. The lowest BCUT2D eigenvalue weighted by Crippen LogP contribution is -2.35. The monoisotopic (exact) mass is 289 g/mol. The van der Waals surface area contributed by atoms with E-state index in [1.807, 2.05) is 6.92 Å². The molecule has 1 aliphatic heterocycles. The maximum absolute atomic E-state index is 12.0. The van der Waals surface area contributed by atoms with Crippen molar-refractivity contribution in [1.29, 1.82) is 0 Å². The summed E-state index contributed by atoms with van der Waals surface area (Å²) in [5.74, 6) is 0.526. The van der Waals surface area contributed by atoms with Crippen LogP contribution in [0, 0.1) is 12.8 Å². The van der Waals surface area contributed by atoms with E-state index >= 15 is 0 Å². The number of piperidine rings is 1. The third kappa shape index (κ3) is 4.01. The number of sulfonamides is 1. The molecule has 1 aromatic heterocycles. The highest BCUT2D eigenvalue weighted by molar-refractivity contribution is 7.89. The van der Waals surface area contributed by atoms with Crippen LogP contribution in [0.15, 0.2) is 5.51 Å². The van der Waals surface area contributed by atoms with Gasteiger partial charge in [0.25, 0.3) is 0 Å². The molecule has 0 aliphatic carbocycles. The Balaban J connectivity index is 1.85. The fraction of sp³-hybridized carbons (Fsp3) is 0.727.